The molecule has 2 heterocycles. The molecule has 0 spiro atoms. The van der Waals surface area contributed by atoms with Gasteiger partial charge in [-0.1, -0.05) is 6.07 Å². The maximum Gasteiger partial charge on any atom is 0.412 e. The molecule has 9 heteroatoms. The van der Waals surface area contributed by atoms with Crippen molar-refractivity contribution in [3.8, 4) is 0 Å². The van der Waals surface area contributed by atoms with Crippen LogP contribution in [0, 0.1) is 15.9 Å². The monoisotopic (exact) mass is 332 g/mol. The average Bonchev–Trinajstić information content (AvgIpc) is 2.50. The number of rotatable bonds is 4. The zero-order valence-electron chi connectivity index (χ0n) is 12.4. The molecule has 0 aliphatic carbocycles. The maximum absolute atomic E-state index is 13.0. The number of hydrogen-bond acceptors (Lipinski definition) is 6. The van der Waals surface area contributed by atoms with E-state index < -0.39 is 22.9 Å². The lowest BCUT2D eigenvalue weighted by Crippen LogP contribution is -2.53. The summed E-state index contributed by atoms with van der Waals surface area (Å²) in [4.78, 5) is 27.9. The first-order chi connectivity index (χ1) is 11.5. The molecule has 1 fully saturated rings. The van der Waals surface area contributed by atoms with Crippen LogP contribution in [0.5, 0.6) is 0 Å². The molecule has 0 radical (unpaired) electrons. The summed E-state index contributed by atoms with van der Waals surface area (Å²) in [5.74, 6) is -0.224. The van der Waals surface area contributed by atoms with Gasteiger partial charge in [-0.15, -0.1) is 0 Å². The van der Waals surface area contributed by atoms with Crippen molar-refractivity contribution in [1.82, 2.24) is 4.98 Å². The van der Waals surface area contributed by atoms with Gasteiger partial charge in [0.1, 0.15) is 11.9 Å². The van der Waals surface area contributed by atoms with Crippen LogP contribution in [-0.4, -0.2) is 35.2 Å². The number of ether oxygens (including phenoxy) is 1. The maximum atomic E-state index is 13.0. The third kappa shape index (κ3) is 3.40. The summed E-state index contributed by atoms with van der Waals surface area (Å²) in [5, 5.41) is 13.4. The highest BCUT2D eigenvalue weighted by atomic mass is 19.1. The van der Waals surface area contributed by atoms with E-state index in [2.05, 4.69) is 10.3 Å². The number of pyridine rings is 1. The molecule has 0 bridgehead atoms. The number of nitrogens with one attached hydrogen (secondary N) is 1. The predicted octanol–water partition coefficient (Wildman–Crippen LogP) is 2.57. The molecule has 0 saturated carbocycles. The van der Waals surface area contributed by atoms with Crippen molar-refractivity contribution in [3.05, 3.63) is 58.5 Å². The van der Waals surface area contributed by atoms with Gasteiger partial charge < -0.3 is 9.64 Å². The van der Waals surface area contributed by atoms with Crippen LogP contribution in [0.1, 0.15) is 0 Å². The Labute approximate surface area is 136 Å². The van der Waals surface area contributed by atoms with Crippen LogP contribution in [0.25, 0.3) is 0 Å². The topological polar surface area (TPSA) is 97.6 Å². The normalized spacial score (nSPS) is 14.0. The van der Waals surface area contributed by atoms with E-state index in [0.29, 0.717) is 13.1 Å². The van der Waals surface area contributed by atoms with E-state index in [4.69, 9.17) is 4.74 Å². The van der Waals surface area contributed by atoms with E-state index in [1.807, 2.05) is 0 Å². The number of hydrogen-bond donors (Lipinski definition) is 1. The Morgan fingerprint density at radius 3 is 2.88 bits per heavy atom. The molecule has 1 N–H and O–H groups in total. The summed E-state index contributed by atoms with van der Waals surface area (Å²) < 4.78 is 18.2. The number of nitrogens with zero attached hydrogens (tertiary/aromatic N) is 3. The van der Waals surface area contributed by atoms with Crippen LogP contribution in [0.3, 0.4) is 0 Å². The summed E-state index contributed by atoms with van der Waals surface area (Å²) in [6, 6.07) is 8.30. The second-order valence-corrected chi connectivity index (χ2v) is 5.17. The van der Waals surface area contributed by atoms with Gasteiger partial charge in [-0.05, 0) is 24.3 Å². The van der Waals surface area contributed by atoms with Gasteiger partial charge in [0, 0.05) is 18.0 Å². The molecule has 1 aliphatic heterocycles. The lowest BCUT2D eigenvalue weighted by Gasteiger charge is -2.38. The SMILES string of the molecule is O=C(Nc1cccc(F)c1)OC1CN(c2ncccc2[N+](=O)[O-])C1. The summed E-state index contributed by atoms with van der Waals surface area (Å²) in [6.07, 6.45) is 0.341. The van der Waals surface area contributed by atoms with Crippen molar-refractivity contribution in [2.24, 2.45) is 0 Å². The molecule has 3 rings (SSSR count). The molecule has 8 nitrogen and oxygen atoms in total. The number of amides is 1. The van der Waals surface area contributed by atoms with Crippen molar-refractivity contribution < 1.29 is 18.8 Å². The Morgan fingerprint density at radius 1 is 1.38 bits per heavy atom. The Hall–Kier alpha value is -3.23. The third-order valence-corrected chi connectivity index (χ3v) is 3.46. The predicted molar refractivity (Wildman–Crippen MR) is 83.4 cm³/mol. The first-order valence-electron chi connectivity index (χ1n) is 7.10. The number of halogens is 1. The van der Waals surface area contributed by atoms with E-state index in [-0.39, 0.29) is 17.2 Å². The minimum atomic E-state index is -0.708. The summed E-state index contributed by atoms with van der Waals surface area (Å²) in [7, 11) is 0. The molecule has 0 unspecified atom stereocenters. The number of carbonyl (C=O) groups is 1. The molecular formula is C15H13FN4O4. The van der Waals surface area contributed by atoms with E-state index >= 15 is 0 Å². The van der Waals surface area contributed by atoms with Crippen molar-refractivity contribution in [2.75, 3.05) is 23.3 Å². The Balaban J connectivity index is 1.54. The minimum absolute atomic E-state index is 0.0971. The number of anilines is 2. The van der Waals surface area contributed by atoms with Crippen LogP contribution in [-0.2, 0) is 4.74 Å². The lowest BCUT2D eigenvalue weighted by molar-refractivity contribution is -0.384. The number of aromatic nitrogens is 1. The van der Waals surface area contributed by atoms with Gasteiger partial charge in [0.2, 0.25) is 5.82 Å². The van der Waals surface area contributed by atoms with E-state index in [9.17, 15) is 19.3 Å². The molecule has 1 amide bonds. The van der Waals surface area contributed by atoms with Crippen molar-refractivity contribution in [1.29, 1.82) is 0 Å². The van der Waals surface area contributed by atoms with Gasteiger partial charge in [-0.2, -0.15) is 0 Å². The Kier molecular flexibility index (Phi) is 4.23. The van der Waals surface area contributed by atoms with E-state index in [0.717, 1.165) is 0 Å². The lowest BCUT2D eigenvalue weighted by atomic mass is 10.1. The first-order valence-corrected chi connectivity index (χ1v) is 7.10. The zero-order chi connectivity index (χ0) is 17.1. The zero-order valence-corrected chi connectivity index (χ0v) is 12.4. The van der Waals surface area contributed by atoms with Gasteiger partial charge >= 0.3 is 11.8 Å². The van der Waals surface area contributed by atoms with Crippen molar-refractivity contribution in [2.45, 2.75) is 6.10 Å². The molecule has 1 aromatic heterocycles. The van der Waals surface area contributed by atoms with E-state index in [1.165, 1.54) is 42.6 Å². The number of benzene rings is 1. The third-order valence-electron chi connectivity index (χ3n) is 3.46. The minimum Gasteiger partial charge on any atom is -0.442 e. The molecular weight excluding hydrogens is 319 g/mol. The number of nitro groups is 1. The fourth-order valence-electron chi connectivity index (χ4n) is 2.33. The quantitative estimate of drug-likeness (QED) is 0.682. The average molecular weight is 332 g/mol. The summed E-state index contributed by atoms with van der Waals surface area (Å²) >= 11 is 0. The highest BCUT2D eigenvalue weighted by Gasteiger charge is 2.34. The molecule has 1 aliphatic rings. The largest absolute Gasteiger partial charge is 0.442 e. The molecule has 24 heavy (non-hydrogen) atoms. The Bertz CT molecular complexity index is 780. The molecule has 0 atom stereocenters. The van der Waals surface area contributed by atoms with Crippen LogP contribution in [0.2, 0.25) is 0 Å². The van der Waals surface area contributed by atoms with Crippen molar-refractivity contribution >= 4 is 23.3 Å². The van der Waals surface area contributed by atoms with Crippen LogP contribution < -0.4 is 10.2 Å². The summed E-state index contributed by atoms with van der Waals surface area (Å²) in [5.41, 5.74) is 0.191. The highest BCUT2D eigenvalue weighted by molar-refractivity contribution is 5.84. The first kappa shape index (κ1) is 15.7. The van der Waals surface area contributed by atoms with Gasteiger partial charge in [0.15, 0.2) is 0 Å². The van der Waals surface area contributed by atoms with Crippen LogP contribution >= 0.6 is 0 Å². The molecule has 1 saturated heterocycles. The fraction of sp³-hybridized carbons (Fsp3) is 0.200. The highest BCUT2D eigenvalue weighted by Crippen LogP contribution is 2.29. The second-order valence-electron chi connectivity index (χ2n) is 5.17. The van der Waals surface area contributed by atoms with Crippen LogP contribution in [0.15, 0.2) is 42.6 Å². The van der Waals surface area contributed by atoms with Gasteiger partial charge in [-0.25, -0.2) is 14.2 Å². The van der Waals surface area contributed by atoms with Gasteiger partial charge in [-0.3, -0.25) is 15.4 Å². The molecule has 124 valence electrons. The van der Waals surface area contributed by atoms with Crippen molar-refractivity contribution in [3.63, 3.8) is 0 Å². The summed E-state index contributed by atoms with van der Waals surface area (Å²) in [6.45, 7) is 0.600. The Morgan fingerprint density at radius 2 is 2.17 bits per heavy atom. The fourth-order valence-corrected chi connectivity index (χ4v) is 2.33. The van der Waals surface area contributed by atoms with Crippen LogP contribution in [0.4, 0.5) is 26.4 Å². The van der Waals surface area contributed by atoms with Gasteiger partial charge in [0.05, 0.1) is 18.0 Å². The standard InChI is InChI=1S/C15H13FN4O4/c16-10-3-1-4-11(7-10)18-15(21)24-12-8-19(9-12)14-13(20(22)23)5-2-6-17-14/h1-7,12H,8-9H2,(H,18,21). The second kappa shape index (κ2) is 6.49. The van der Waals surface area contributed by atoms with Gasteiger partial charge in [0.25, 0.3) is 0 Å². The molecule has 2 aromatic rings. The smallest absolute Gasteiger partial charge is 0.412 e. The molecule has 1 aromatic carbocycles. The van der Waals surface area contributed by atoms with E-state index in [1.54, 1.807) is 4.90 Å². The number of carbonyl (C=O) groups excluding carboxylic acids is 1.